The molecule has 20 heavy (non-hydrogen) atoms. The molecule has 3 N–H and O–H groups in total. The predicted octanol–water partition coefficient (Wildman–Crippen LogP) is 0.441. The van der Waals surface area contributed by atoms with Crippen molar-refractivity contribution in [2.24, 2.45) is 5.84 Å². The van der Waals surface area contributed by atoms with Gasteiger partial charge in [0.15, 0.2) is 5.82 Å². The molecule has 0 amide bonds. The standard InChI is InChI=1S/C13H24N6O/c1-18(7-8-19-5-3-4-6-19)13-9-11(17-14)15-12(16-13)10-20-2/h9H,3-8,10,14H2,1-2H3,(H,15,16,17). The Kier molecular flexibility index (Phi) is 5.51. The minimum Gasteiger partial charge on any atom is -0.377 e. The van der Waals surface area contributed by atoms with Crippen molar-refractivity contribution >= 4 is 11.6 Å². The topological polar surface area (TPSA) is 79.5 Å². The monoisotopic (exact) mass is 280 g/mol. The summed E-state index contributed by atoms with van der Waals surface area (Å²) in [6, 6.07) is 1.85. The fourth-order valence-electron chi connectivity index (χ4n) is 2.36. The van der Waals surface area contributed by atoms with Crippen molar-refractivity contribution in [2.75, 3.05) is 50.7 Å². The number of hydrogen-bond donors (Lipinski definition) is 2. The summed E-state index contributed by atoms with van der Waals surface area (Å²) in [5.41, 5.74) is 2.57. The zero-order chi connectivity index (χ0) is 14.4. The maximum absolute atomic E-state index is 5.45. The Morgan fingerprint density at radius 3 is 2.80 bits per heavy atom. The van der Waals surface area contributed by atoms with E-state index in [4.69, 9.17) is 10.6 Å². The SMILES string of the molecule is COCc1nc(NN)cc(N(C)CCN2CCCC2)n1. The third-order valence-corrected chi connectivity index (χ3v) is 3.52. The molecule has 0 atom stereocenters. The van der Waals surface area contributed by atoms with Gasteiger partial charge in [-0.25, -0.2) is 15.8 Å². The van der Waals surface area contributed by atoms with Crippen LogP contribution in [0.15, 0.2) is 6.07 Å². The first-order chi connectivity index (χ1) is 9.72. The van der Waals surface area contributed by atoms with Crippen LogP contribution < -0.4 is 16.2 Å². The second-order valence-corrected chi connectivity index (χ2v) is 5.08. The van der Waals surface area contributed by atoms with Gasteiger partial charge in [-0.1, -0.05) is 0 Å². The molecule has 0 aromatic carbocycles. The number of nitrogen functional groups attached to an aromatic ring is 1. The summed E-state index contributed by atoms with van der Waals surface area (Å²) in [7, 11) is 3.66. The highest BCUT2D eigenvalue weighted by molar-refractivity contribution is 5.48. The Labute approximate surface area is 120 Å². The van der Waals surface area contributed by atoms with E-state index in [1.807, 2.05) is 13.1 Å². The van der Waals surface area contributed by atoms with Gasteiger partial charge >= 0.3 is 0 Å². The van der Waals surface area contributed by atoms with Gasteiger partial charge in [0.1, 0.15) is 18.2 Å². The van der Waals surface area contributed by atoms with Crippen molar-refractivity contribution in [3.05, 3.63) is 11.9 Å². The second kappa shape index (κ2) is 7.37. The molecular formula is C13H24N6O. The molecule has 1 aliphatic rings. The van der Waals surface area contributed by atoms with Crippen molar-refractivity contribution in [2.45, 2.75) is 19.4 Å². The normalized spacial score (nSPS) is 15.6. The molecule has 0 unspecified atom stereocenters. The Morgan fingerprint density at radius 2 is 2.15 bits per heavy atom. The number of methoxy groups -OCH3 is 1. The lowest BCUT2D eigenvalue weighted by atomic mass is 10.4. The van der Waals surface area contributed by atoms with Gasteiger partial charge in [-0.2, -0.15) is 0 Å². The molecule has 7 nitrogen and oxygen atoms in total. The van der Waals surface area contributed by atoms with Gasteiger partial charge in [0.25, 0.3) is 0 Å². The van der Waals surface area contributed by atoms with Gasteiger partial charge in [0.05, 0.1) is 0 Å². The molecule has 2 rings (SSSR count). The summed E-state index contributed by atoms with van der Waals surface area (Å²) in [6.07, 6.45) is 2.63. The summed E-state index contributed by atoms with van der Waals surface area (Å²) >= 11 is 0. The van der Waals surface area contributed by atoms with E-state index in [1.165, 1.54) is 25.9 Å². The van der Waals surface area contributed by atoms with Crippen molar-refractivity contribution in [3.63, 3.8) is 0 Å². The summed E-state index contributed by atoms with van der Waals surface area (Å²) in [6.45, 7) is 4.80. The number of aromatic nitrogens is 2. The zero-order valence-electron chi connectivity index (χ0n) is 12.3. The minimum absolute atomic E-state index is 0.377. The largest absolute Gasteiger partial charge is 0.377 e. The van der Waals surface area contributed by atoms with Gasteiger partial charge in [-0.15, -0.1) is 0 Å². The van der Waals surface area contributed by atoms with Crippen LogP contribution in [0.3, 0.4) is 0 Å². The number of nitrogens with one attached hydrogen (secondary N) is 1. The lowest BCUT2D eigenvalue weighted by Gasteiger charge is -2.23. The first-order valence-electron chi connectivity index (χ1n) is 7.00. The van der Waals surface area contributed by atoms with Crippen molar-refractivity contribution in [1.82, 2.24) is 14.9 Å². The highest BCUT2D eigenvalue weighted by Crippen LogP contribution is 2.15. The molecule has 1 saturated heterocycles. The zero-order valence-corrected chi connectivity index (χ0v) is 12.3. The number of hydrazine groups is 1. The Balaban J connectivity index is 1.99. The first kappa shape index (κ1) is 15.0. The molecule has 2 heterocycles. The molecule has 0 aliphatic carbocycles. The molecule has 1 aromatic heterocycles. The number of hydrogen-bond acceptors (Lipinski definition) is 7. The van der Waals surface area contributed by atoms with Crippen LogP contribution in [0.5, 0.6) is 0 Å². The second-order valence-electron chi connectivity index (χ2n) is 5.08. The molecule has 0 spiro atoms. The van der Waals surface area contributed by atoms with E-state index in [9.17, 15) is 0 Å². The Morgan fingerprint density at radius 1 is 1.40 bits per heavy atom. The highest BCUT2D eigenvalue weighted by atomic mass is 16.5. The average molecular weight is 280 g/mol. The van der Waals surface area contributed by atoms with Crippen molar-refractivity contribution < 1.29 is 4.74 Å². The van der Waals surface area contributed by atoms with Crippen LogP contribution in [-0.4, -0.2) is 55.2 Å². The predicted molar refractivity (Wildman–Crippen MR) is 79.5 cm³/mol. The maximum atomic E-state index is 5.45. The smallest absolute Gasteiger partial charge is 0.158 e. The molecule has 112 valence electrons. The van der Waals surface area contributed by atoms with E-state index in [0.29, 0.717) is 18.2 Å². The Hall–Kier alpha value is -1.44. The third-order valence-electron chi connectivity index (χ3n) is 3.52. The summed E-state index contributed by atoms with van der Waals surface area (Å²) in [5.74, 6) is 7.55. The summed E-state index contributed by atoms with van der Waals surface area (Å²) in [4.78, 5) is 13.4. The number of nitrogens with zero attached hydrogens (tertiary/aromatic N) is 4. The Bertz CT molecular complexity index is 421. The average Bonchev–Trinajstić information content (AvgIpc) is 2.98. The molecular weight excluding hydrogens is 256 g/mol. The van der Waals surface area contributed by atoms with Crippen molar-refractivity contribution in [1.29, 1.82) is 0 Å². The van der Waals surface area contributed by atoms with Crippen LogP contribution in [0.2, 0.25) is 0 Å². The minimum atomic E-state index is 0.377. The third kappa shape index (κ3) is 4.03. The molecule has 0 saturated carbocycles. The molecule has 0 bridgehead atoms. The van der Waals surface area contributed by atoms with Crippen LogP contribution in [0.1, 0.15) is 18.7 Å². The summed E-state index contributed by atoms with van der Waals surface area (Å²) < 4.78 is 5.08. The van der Waals surface area contributed by atoms with E-state index in [2.05, 4.69) is 25.2 Å². The maximum Gasteiger partial charge on any atom is 0.158 e. The number of anilines is 2. The number of nitrogens with two attached hydrogens (primary N) is 1. The summed E-state index contributed by atoms with van der Waals surface area (Å²) in [5, 5.41) is 0. The first-order valence-corrected chi connectivity index (χ1v) is 7.00. The molecule has 1 aliphatic heterocycles. The van der Waals surface area contributed by atoms with Crippen LogP contribution in [0, 0.1) is 0 Å². The van der Waals surface area contributed by atoms with Crippen LogP contribution in [0.25, 0.3) is 0 Å². The highest BCUT2D eigenvalue weighted by Gasteiger charge is 2.13. The van der Waals surface area contributed by atoms with E-state index in [-0.39, 0.29) is 0 Å². The van der Waals surface area contributed by atoms with Crippen LogP contribution in [0.4, 0.5) is 11.6 Å². The number of likely N-dealkylation sites (N-methyl/N-ethyl adjacent to an activating group) is 1. The van der Waals surface area contributed by atoms with Crippen molar-refractivity contribution in [3.8, 4) is 0 Å². The van der Waals surface area contributed by atoms with E-state index in [1.54, 1.807) is 7.11 Å². The lowest BCUT2D eigenvalue weighted by molar-refractivity contribution is 0.178. The fraction of sp³-hybridized carbons (Fsp3) is 0.692. The molecule has 1 aromatic rings. The van der Waals surface area contributed by atoms with Gasteiger partial charge < -0.3 is 20.0 Å². The van der Waals surface area contributed by atoms with Gasteiger partial charge in [-0.05, 0) is 25.9 Å². The van der Waals surface area contributed by atoms with Crippen LogP contribution in [-0.2, 0) is 11.3 Å². The molecule has 1 fully saturated rings. The molecule has 0 radical (unpaired) electrons. The van der Waals surface area contributed by atoms with Gasteiger partial charge in [0, 0.05) is 33.3 Å². The quantitative estimate of drug-likeness (QED) is 0.554. The number of rotatable bonds is 7. The van der Waals surface area contributed by atoms with E-state index >= 15 is 0 Å². The lowest BCUT2D eigenvalue weighted by Crippen LogP contribution is -2.32. The van der Waals surface area contributed by atoms with Crippen LogP contribution >= 0.6 is 0 Å². The number of ether oxygens (including phenoxy) is 1. The molecule has 7 heteroatoms. The fourth-order valence-corrected chi connectivity index (χ4v) is 2.36. The van der Waals surface area contributed by atoms with Gasteiger partial charge in [-0.3, -0.25) is 0 Å². The van der Waals surface area contributed by atoms with E-state index in [0.717, 1.165) is 18.9 Å². The number of likely N-dealkylation sites (tertiary alicyclic amines) is 1. The van der Waals surface area contributed by atoms with E-state index < -0.39 is 0 Å². The van der Waals surface area contributed by atoms with Gasteiger partial charge in [0.2, 0.25) is 0 Å².